The lowest BCUT2D eigenvalue weighted by molar-refractivity contribution is -0.151. The van der Waals surface area contributed by atoms with E-state index in [0.717, 1.165) is 70.6 Å². The molecule has 0 saturated heterocycles. The van der Waals surface area contributed by atoms with Crippen LogP contribution in [0.15, 0.2) is 36.5 Å². The average Bonchev–Trinajstić information content (AvgIpc) is 3.26. The molecule has 0 rings (SSSR count). The number of carbonyl (C=O) groups is 2. The van der Waals surface area contributed by atoms with Gasteiger partial charge in [-0.3, -0.25) is 9.59 Å². The summed E-state index contributed by atoms with van der Waals surface area (Å²) in [7, 11) is 0. The van der Waals surface area contributed by atoms with E-state index in [4.69, 9.17) is 4.74 Å². The Morgan fingerprint density at radius 3 is 1.29 bits per heavy atom. The Kier molecular flexibility index (Phi) is 48.5. The number of aliphatic hydroxyl groups is 2. The number of aliphatic hydroxyl groups excluding tert-OH is 2. The van der Waals surface area contributed by atoms with Crippen molar-refractivity contribution in [2.75, 3.05) is 6.61 Å². The quantitative estimate of drug-likeness (QED) is 0.0321. The smallest absolute Gasteiger partial charge is 0.306 e. The highest BCUT2D eigenvalue weighted by molar-refractivity contribution is 5.77. The van der Waals surface area contributed by atoms with Crippen LogP contribution in [0.2, 0.25) is 0 Å². The standard InChI is InChI=1S/C56H105NO5/c1-4-7-10-13-16-19-22-24-26-27-29-30-33-35-38-41-44-47-52(62-56(61)49-46-43-40-37-34-31-28-25-23-20-17-14-11-8-5-2)50-55(60)57-53(51-58)54(59)48-45-42-39-36-32-21-18-15-12-9-6-3/h16,19-20,23-24,26,52-54,58-59H,4-15,17-18,21-22,25,27-51H2,1-3H3,(H,57,60)/b19-16-,23-20-,26-24-. The van der Waals surface area contributed by atoms with Crippen LogP contribution in [0.4, 0.5) is 0 Å². The fourth-order valence-electron chi connectivity index (χ4n) is 8.28. The predicted molar refractivity (Wildman–Crippen MR) is 269 cm³/mol. The van der Waals surface area contributed by atoms with Crippen molar-refractivity contribution in [1.82, 2.24) is 5.32 Å². The van der Waals surface area contributed by atoms with E-state index in [9.17, 15) is 19.8 Å². The van der Waals surface area contributed by atoms with Gasteiger partial charge < -0.3 is 20.3 Å². The number of amides is 1. The van der Waals surface area contributed by atoms with Gasteiger partial charge in [-0.2, -0.15) is 0 Å². The number of rotatable bonds is 49. The zero-order valence-electron chi connectivity index (χ0n) is 41.5. The molecule has 0 aliphatic rings. The van der Waals surface area contributed by atoms with Crippen LogP contribution < -0.4 is 5.32 Å². The molecule has 0 aliphatic carbocycles. The normalized spacial score (nSPS) is 13.4. The van der Waals surface area contributed by atoms with Gasteiger partial charge in [0.25, 0.3) is 0 Å². The summed E-state index contributed by atoms with van der Waals surface area (Å²) in [6.07, 6.45) is 59.1. The Hall–Kier alpha value is -1.92. The second-order valence-corrected chi connectivity index (χ2v) is 18.6. The van der Waals surface area contributed by atoms with E-state index in [1.807, 2.05) is 0 Å². The van der Waals surface area contributed by atoms with Gasteiger partial charge >= 0.3 is 5.97 Å². The molecule has 0 saturated carbocycles. The molecule has 0 aromatic rings. The number of esters is 1. The SMILES string of the molecule is CCCCC/C=C\C/C=C\CCCCCCCCCC(CC(=O)NC(CO)C(O)CCCCCCCCCCCCC)OC(=O)CCCCCCCCC/C=C\CCCCCC. The number of carbonyl (C=O) groups excluding carboxylic acids is 2. The van der Waals surface area contributed by atoms with Crippen molar-refractivity contribution in [3.05, 3.63) is 36.5 Å². The minimum Gasteiger partial charge on any atom is -0.462 e. The van der Waals surface area contributed by atoms with Crippen LogP contribution in [0.3, 0.4) is 0 Å². The summed E-state index contributed by atoms with van der Waals surface area (Å²) in [5, 5.41) is 23.8. The molecule has 0 aromatic heterocycles. The van der Waals surface area contributed by atoms with Crippen molar-refractivity contribution in [3.63, 3.8) is 0 Å². The number of unbranched alkanes of at least 4 members (excludes halogenated alkanes) is 31. The van der Waals surface area contributed by atoms with Crippen molar-refractivity contribution in [2.24, 2.45) is 0 Å². The van der Waals surface area contributed by atoms with Gasteiger partial charge in [0, 0.05) is 6.42 Å². The third-order valence-electron chi connectivity index (χ3n) is 12.4. The molecule has 3 unspecified atom stereocenters. The van der Waals surface area contributed by atoms with E-state index in [1.165, 1.54) is 167 Å². The first-order chi connectivity index (χ1) is 30.5. The highest BCUT2D eigenvalue weighted by atomic mass is 16.5. The lowest BCUT2D eigenvalue weighted by Gasteiger charge is -2.24. The van der Waals surface area contributed by atoms with Gasteiger partial charge in [0.05, 0.1) is 25.2 Å². The first-order valence-corrected chi connectivity index (χ1v) is 27.2. The van der Waals surface area contributed by atoms with Crippen LogP contribution in [0.5, 0.6) is 0 Å². The molecule has 3 atom stereocenters. The number of nitrogens with one attached hydrogen (secondary N) is 1. The van der Waals surface area contributed by atoms with Gasteiger partial charge in [0.15, 0.2) is 0 Å². The lowest BCUT2D eigenvalue weighted by atomic mass is 10.0. The predicted octanol–water partition coefficient (Wildman–Crippen LogP) is 16.5. The monoisotopic (exact) mass is 872 g/mol. The maximum atomic E-state index is 13.2. The maximum absolute atomic E-state index is 13.2. The van der Waals surface area contributed by atoms with E-state index >= 15 is 0 Å². The van der Waals surface area contributed by atoms with Crippen LogP contribution in [-0.2, 0) is 14.3 Å². The lowest BCUT2D eigenvalue weighted by Crippen LogP contribution is -2.46. The summed E-state index contributed by atoms with van der Waals surface area (Å²) in [5.74, 6) is -0.476. The highest BCUT2D eigenvalue weighted by Crippen LogP contribution is 2.18. The third-order valence-corrected chi connectivity index (χ3v) is 12.4. The minimum atomic E-state index is -0.788. The zero-order valence-corrected chi connectivity index (χ0v) is 41.5. The van der Waals surface area contributed by atoms with Gasteiger partial charge in [-0.15, -0.1) is 0 Å². The summed E-state index contributed by atoms with van der Waals surface area (Å²) in [6, 6.07) is -0.702. The largest absolute Gasteiger partial charge is 0.462 e. The minimum absolute atomic E-state index is 0.0730. The van der Waals surface area contributed by atoms with Gasteiger partial charge in [0.2, 0.25) is 5.91 Å². The second kappa shape index (κ2) is 50.1. The van der Waals surface area contributed by atoms with E-state index in [2.05, 4.69) is 62.5 Å². The summed E-state index contributed by atoms with van der Waals surface area (Å²) >= 11 is 0. The van der Waals surface area contributed by atoms with E-state index in [1.54, 1.807) is 0 Å². The molecule has 0 heterocycles. The van der Waals surface area contributed by atoms with Gasteiger partial charge in [-0.1, -0.05) is 224 Å². The summed E-state index contributed by atoms with van der Waals surface area (Å²) in [4.78, 5) is 26.2. The van der Waals surface area contributed by atoms with Crippen LogP contribution in [0.25, 0.3) is 0 Å². The molecule has 3 N–H and O–H groups in total. The molecule has 0 radical (unpaired) electrons. The molecular formula is C56H105NO5. The average molecular weight is 872 g/mol. The third kappa shape index (κ3) is 44.7. The topological polar surface area (TPSA) is 95.9 Å². The number of hydrogen-bond acceptors (Lipinski definition) is 5. The Morgan fingerprint density at radius 1 is 0.468 bits per heavy atom. The molecule has 0 fully saturated rings. The molecule has 1 amide bonds. The van der Waals surface area contributed by atoms with E-state index in [-0.39, 0.29) is 24.9 Å². The van der Waals surface area contributed by atoms with E-state index < -0.39 is 18.2 Å². The Morgan fingerprint density at radius 2 is 0.823 bits per heavy atom. The number of hydrogen-bond donors (Lipinski definition) is 3. The number of allylic oxidation sites excluding steroid dienone is 6. The van der Waals surface area contributed by atoms with Crippen LogP contribution >= 0.6 is 0 Å². The summed E-state index contributed by atoms with van der Waals surface area (Å²) < 4.78 is 5.95. The highest BCUT2D eigenvalue weighted by Gasteiger charge is 2.24. The van der Waals surface area contributed by atoms with Gasteiger partial charge in [-0.05, 0) is 83.5 Å². The van der Waals surface area contributed by atoms with Crippen molar-refractivity contribution in [1.29, 1.82) is 0 Å². The van der Waals surface area contributed by atoms with Crippen LogP contribution in [0.1, 0.15) is 284 Å². The summed E-state index contributed by atoms with van der Waals surface area (Å²) in [6.45, 7) is 6.46. The molecule has 0 aliphatic heterocycles. The first kappa shape index (κ1) is 60.1. The molecule has 0 spiro atoms. The Labute approximate surface area is 385 Å². The van der Waals surface area contributed by atoms with Crippen molar-refractivity contribution in [3.8, 4) is 0 Å². The molecule has 6 heteroatoms. The molecule has 364 valence electrons. The van der Waals surface area contributed by atoms with Crippen LogP contribution in [-0.4, -0.2) is 46.9 Å². The first-order valence-electron chi connectivity index (χ1n) is 27.2. The van der Waals surface area contributed by atoms with Crippen LogP contribution in [0, 0.1) is 0 Å². The molecule has 0 aromatic carbocycles. The molecule has 6 nitrogen and oxygen atoms in total. The number of ether oxygens (including phenoxy) is 1. The zero-order chi connectivity index (χ0) is 45.2. The maximum Gasteiger partial charge on any atom is 0.306 e. The fourth-order valence-corrected chi connectivity index (χ4v) is 8.28. The van der Waals surface area contributed by atoms with Crippen molar-refractivity contribution >= 4 is 11.9 Å². The Bertz CT molecular complexity index is 1020. The van der Waals surface area contributed by atoms with E-state index in [0.29, 0.717) is 19.3 Å². The van der Waals surface area contributed by atoms with Crippen molar-refractivity contribution in [2.45, 2.75) is 302 Å². The van der Waals surface area contributed by atoms with Gasteiger partial charge in [0.1, 0.15) is 6.10 Å². The van der Waals surface area contributed by atoms with Gasteiger partial charge in [-0.25, -0.2) is 0 Å². The summed E-state index contributed by atoms with van der Waals surface area (Å²) in [5.41, 5.74) is 0. The Balaban J connectivity index is 4.58. The molecule has 62 heavy (non-hydrogen) atoms. The second-order valence-electron chi connectivity index (χ2n) is 18.6. The van der Waals surface area contributed by atoms with Crippen molar-refractivity contribution < 1.29 is 24.5 Å². The molecular weight excluding hydrogens is 767 g/mol. The molecule has 0 bridgehead atoms. The fraction of sp³-hybridized carbons (Fsp3) is 0.857.